The third-order valence-corrected chi connectivity index (χ3v) is 5.85. The van der Waals surface area contributed by atoms with Crippen LogP contribution in [0.4, 0.5) is 5.69 Å². The Morgan fingerprint density at radius 1 is 1.06 bits per heavy atom. The first kappa shape index (κ1) is 26.0. The predicted molar refractivity (Wildman–Crippen MR) is 134 cm³/mol. The Bertz CT molecular complexity index is 1190. The monoisotopic (exact) mass is 495 g/mol. The molecule has 1 aromatic heterocycles. The summed E-state index contributed by atoms with van der Waals surface area (Å²) in [5.41, 5.74) is 2.53. The molecule has 1 heterocycles. The number of nitrogens with zero attached hydrogens (tertiary/aromatic N) is 3. The number of carbonyl (C=O) groups excluding carboxylic acids is 3. The molecule has 3 aromatic rings. The molecule has 0 saturated carbocycles. The lowest BCUT2D eigenvalue weighted by Gasteiger charge is -2.10. The van der Waals surface area contributed by atoms with Crippen molar-refractivity contribution in [2.24, 2.45) is 0 Å². The second-order valence-electron chi connectivity index (χ2n) is 8.06. The third-order valence-electron chi connectivity index (χ3n) is 4.89. The molecule has 2 amide bonds. The van der Waals surface area contributed by atoms with Crippen molar-refractivity contribution in [3.05, 3.63) is 71.0 Å². The van der Waals surface area contributed by atoms with Gasteiger partial charge in [0, 0.05) is 17.8 Å². The van der Waals surface area contributed by atoms with E-state index in [2.05, 4.69) is 20.8 Å². The van der Waals surface area contributed by atoms with Crippen LogP contribution in [0.15, 0.2) is 53.7 Å². The first-order valence-electron chi connectivity index (χ1n) is 11.3. The molecule has 0 unspecified atom stereocenters. The smallest absolute Gasteiger partial charge is 0.338 e. The molecule has 0 aliphatic heterocycles. The summed E-state index contributed by atoms with van der Waals surface area (Å²) in [6.07, 6.45) is -0.228. The van der Waals surface area contributed by atoms with Crippen LogP contribution in [-0.4, -0.2) is 44.4 Å². The maximum atomic E-state index is 12.5. The van der Waals surface area contributed by atoms with Gasteiger partial charge in [0.1, 0.15) is 0 Å². The minimum atomic E-state index is -0.441. The maximum Gasteiger partial charge on any atom is 0.338 e. The number of hydrogen-bond acceptors (Lipinski definition) is 7. The van der Waals surface area contributed by atoms with Gasteiger partial charge in [-0.05, 0) is 58.0 Å². The topological polar surface area (TPSA) is 115 Å². The van der Waals surface area contributed by atoms with Gasteiger partial charge in [0.25, 0.3) is 5.91 Å². The minimum Gasteiger partial charge on any atom is -0.459 e. The highest BCUT2D eigenvalue weighted by molar-refractivity contribution is 7.99. The number of amides is 2. The molecule has 0 bridgehead atoms. The van der Waals surface area contributed by atoms with Crippen molar-refractivity contribution < 1.29 is 19.1 Å². The number of carbonyl (C=O) groups is 3. The molecule has 0 fully saturated rings. The Morgan fingerprint density at radius 2 is 1.80 bits per heavy atom. The van der Waals surface area contributed by atoms with Gasteiger partial charge < -0.3 is 19.9 Å². The van der Waals surface area contributed by atoms with Crippen LogP contribution < -0.4 is 10.6 Å². The summed E-state index contributed by atoms with van der Waals surface area (Å²) < 4.78 is 7.05. The van der Waals surface area contributed by atoms with Crippen LogP contribution in [0, 0.1) is 6.92 Å². The molecule has 0 aliphatic carbocycles. The highest BCUT2D eigenvalue weighted by Crippen LogP contribution is 2.19. The van der Waals surface area contributed by atoms with Gasteiger partial charge >= 0.3 is 5.97 Å². The van der Waals surface area contributed by atoms with Gasteiger partial charge in [-0.15, -0.1) is 10.2 Å². The minimum absolute atomic E-state index is 0.106. The molecular formula is C25H29N5O4S. The molecule has 0 atom stereocenters. The largest absolute Gasteiger partial charge is 0.459 e. The fourth-order valence-electron chi connectivity index (χ4n) is 3.17. The summed E-state index contributed by atoms with van der Waals surface area (Å²) in [5.74, 6) is -0.169. The lowest BCUT2D eigenvalue weighted by Crippen LogP contribution is -2.24. The number of aromatic nitrogens is 3. The van der Waals surface area contributed by atoms with E-state index in [-0.39, 0.29) is 30.2 Å². The standard InChI is InChI=1S/C25H29N5O4S/c1-5-30-21(14-26-23(32)18-11-9-17(4)10-12-18)28-29-25(30)35-15-22(31)27-20-8-6-7-19(13-20)24(33)34-16(2)3/h6-13,16H,5,14-15H2,1-4H3,(H,26,32)(H,27,31). The zero-order valence-corrected chi connectivity index (χ0v) is 21.0. The highest BCUT2D eigenvalue weighted by atomic mass is 32.2. The van der Waals surface area contributed by atoms with Crippen molar-refractivity contribution in [2.45, 2.75) is 52.0 Å². The molecule has 0 saturated heterocycles. The number of aryl methyl sites for hydroxylation is 1. The van der Waals surface area contributed by atoms with Crippen molar-refractivity contribution in [1.82, 2.24) is 20.1 Å². The summed E-state index contributed by atoms with van der Waals surface area (Å²) in [4.78, 5) is 37.0. The number of benzene rings is 2. The van der Waals surface area contributed by atoms with E-state index in [9.17, 15) is 14.4 Å². The van der Waals surface area contributed by atoms with Crippen LogP contribution in [0.1, 0.15) is 52.9 Å². The number of thioether (sulfide) groups is 1. The van der Waals surface area contributed by atoms with Crippen LogP contribution in [0.5, 0.6) is 0 Å². The van der Waals surface area contributed by atoms with Crippen molar-refractivity contribution in [2.75, 3.05) is 11.1 Å². The Morgan fingerprint density at radius 3 is 2.49 bits per heavy atom. The van der Waals surface area contributed by atoms with Gasteiger partial charge in [0.15, 0.2) is 11.0 Å². The third kappa shape index (κ3) is 7.41. The summed E-state index contributed by atoms with van der Waals surface area (Å²) >= 11 is 1.24. The Labute approximate surface area is 208 Å². The average Bonchev–Trinajstić information content (AvgIpc) is 3.23. The quantitative estimate of drug-likeness (QED) is 0.324. The van der Waals surface area contributed by atoms with E-state index >= 15 is 0 Å². The van der Waals surface area contributed by atoms with Crippen molar-refractivity contribution in [3.63, 3.8) is 0 Å². The highest BCUT2D eigenvalue weighted by Gasteiger charge is 2.15. The van der Waals surface area contributed by atoms with E-state index in [4.69, 9.17) is 4.74 Å². The maximum absolute atomic E-state index is 12.5. The molecule has 0 spiro atoms. The summed E-state index contributed by atoms with van der Waals surface area (Å²) in [6, 6.07) is 13.9. The molecule has 2 aromatic carbocycles. The number of hydrogen-bond donors (Lipinski definition) is 2. The van der Waals surface area contributed by atoms with E-state index in [1.165, 1.54) is 11.8 Å². The van der Waals surface area contributed by atoms with E-state index in [1.807, 2.05) is 30.5 Å². The molecule has 9 nitrogen and oxygen atoms in total. The van der Waals surface area contributed by atoms with Crippen LogP contribution in [0.3, 0.4) is 0 Å². The lowest BCUT2D eigenvalue weighted by atomic mass is 10.1. The SMILES string of the molecule is CCn1c(CNC(=O)c2ccc(C)cc2)nnc1SCC(=O)Nc1cccc(C(=O)OC(C)C)c1. The molecule has 35 heavy (non-hydrogen) atoms. The van der Waals surface area contributed by atoms with Crippen LogP contribution >= 0.6 is 11.8 Å². The molecule has 0 radical (unpaired) electrons. The summed E-state index contributed by atoms with van der Waals surface area (Å²) in [6.45, 7) is 8.27. The van der Waals surface area contributed by atoms with Gasteiger partial charge in [-0.25, -0.2) is 4.79 Å². The van der Waals surface area contributed by atoms with Crippen molar-refractivity contribution in [3.8, 4) is 0 Å². The second kappa shape index (κ2) is 12.2. The molecule has 10 heteroatoms. The zero-order chi connectivity index (χ0) is 25.4. The fourth-order valence-corrected chi connectivity index (χ4v) is 3.99. The number of ether oxygens (including phenoxy) is 1. The first-order valence-corrected chi connectivity index (χ1v) is 12.3. The number of anilines is 1. The molecule has 184 valence electrons. The normalized spacial score (nSPS) is 10.8. The van der Waals surface area contributed by atoms with Gasteiger partial charge in [-0.1, -0.05) is 35.5 Å². The van der Waals surface area contributed by atoms with E-state index in [0.29, 0.717) is 34.3 Å². The van der Waals surface area contributed by atoms with Crippen LogP contribution in [-0.2, 0) is 22.6 Å². The Kier molecular flexibility index (Phi) is 9.02. The van der Waals surface area contributed by atoms with Crippen LogP contribution in [0.25, 0.3) is 0 Å². The fraction of sp³-hybridized carbons (Fsp3) is 0.320. The van der Waals surface area contributed by atoms with Crippen molar-refractivity contribution in [1.29, 1.82) is 0 Å². The molecule has 0 aliphatic rings. The van der Waals surface area contributed by atoms with Gasteiger partial charge in [-0.3, -0.25) is 9.59 Å². The van der Waals surface area contributed by atoms with Gasteiger partial charge in [-0.2, -0.15) is 0 Å². The number of esters is 1. The van der Waals surface area contributed by atoms with Crippen molar-refractivity contribution >= 4 is 35.2 Å². The molecule has 2 N–H and O–H groups in total. The average molecular weight is 496 g/mol. The summed E-state index contributed by atoms with van der Waals surface area (Å²) in [7, 11) is 0. The predicted octanol–water partition coefficient (Wildman–Crippen LogP) is 3.83. The molecule has 3 rings (SSSR count). The van der Waals surface area contributed by atoms with Gasteiger partial charge in [0.05, 0.1) is 24.0 Å². The Balaban J connectivity index is 1.55. The summed E-state index contributed by atoms with van der Waals surface area (Å²) in [5, 5.41) is 14.6. The second-order valence-corrected chi connectivity index (χ2v) is 9.01. The number of nitrogens with one attached hydrogen (secondary N) is 2. The van der Waals surface area contributed by atoms with E-state index in [0.717, 1.165) is 5.56 Å². The van der Waals surface area contributed by atoms with Crippen LogP contribution in [0.2, 0.25) is 0 Å². The lowest BCUT2D eigenvalue weighted by molar-refractivity contribution is -0.113. The van der Waals surface area contributed by atoms with Gasteiger partial charge in [0.2, 0.25) is 5.91 Å². The molecular weight excluding hydrogens is 466 g/mol. The van der Waals surface area contributed by atoms with E-state index in [1.54, 1.807) is 50.2 Å². The van der Waals surface area contributed by atoms with E-state index < -0.39 is 5.97 Å². The number of rotatable bonds is 10. The zero-order valence-electron chi connectivity index (χ0n) is 20.2. The first-order chi connectivity index (χ1) is 16.8. The Hall–Kier alpha value is -3.66.